The minimum Gasteiger partial charge on any atom is -0.378 e. The highest BCUT2D eigenvalue weighted by molar-refractivity contribution is 7.99. The van der Waals surface area contributed by atoms with Crippen LogP contribution in [-0.2, 0) is 4.74 Å². The van der Waals surface area contributed by atoms with E-state index in [2.05, 4.69) is 44.8 Å². The Morgan fingerprint density at radius 3 is 2.78 bits per heavy atom. The molecule has 2 aromatic rings. The van der Waals surface area contributed by atoms with Gasteiger partial charge in [-0.3, -0.25) is 4.57 Å². The molecule has 6 nitrogen and oxygen atoms in total. The highest BCUT2D eigenvalue weighted by atomic mass is 32.2. The van der Waals surface area contributed by atoms with Crippen LogP contribution in [0.1, 0.15) is 12.0 Å². The van der Waals surface area contributed by atoms with E-state index in [4.69, 9.17) is 10.00 Å². The van der Waals surface area contributed by atoms with Gasteiger partial charge in [-0.15, -0.1) is 10.2 Å². The number of thioether (sulfide) groups is 1. The van der Waals surface area contributed by atoms with Crippen molar-refractivity contribution in [3.8, 4) is 11.8 Å². The Kier molecular flexibility index (Phi) is 5.16. The maximum atomic E-state index is 8.76. The van der Waals surface area contributed by atoms with Gasteiger partial charge in [-0.25, -0.2) is 0 Å². The van der Waals surface area contributed by atoms with Crippen LogP contribution in [0, 0.1) is 18.3 Å². The highest BCUT2D eigenvalue weighted by Gasteiger charge is 2.22. The zero-order valence-electron chi connectivity index (χ0n) is 13.1. The lowest BCUT2D eigenvalue weighted by molar-refractivity contribution is 0.122. The Hall–Kier alpha value is -2.04. The predicted octanol–water partition coefficient (Wildman–Crippen LogP) is 2.42. The molecule has 0 atom stereocenters. The van der Waals surface area contributed by atoms with E-state index in [9.17, 15) is 0 Å². The first-order valence-corrected chi connectivity index (χ1v) is 8.63. The van der Waals surface area contributed by atoms with Crippen molar-refractivity contribution in [3.05, 3.63) is 29.8 Å². The normalized spacial score (nSPS) is 14.7. The summed E-state index contributed by atoms with van der Waals surface area (Å²) in [6, 6.07) is 10.4. The molecule has 120 valence electrons. The monoisotopic (exact) mass is 329 g/mol. The molecule has 0 aliphatic carbocycles. The third-order valence-corrected chi connectivity index (χ3v) is 4.64. The number of hydrogen-bond acceptors (Lipinski definition) is 6. The average molecular weight is 329 g/mol. The minimum atomic E-state index is 0.498. The zero-order valence-corrected chi connectivity index (χ0v) is 13.9. The molecule has 1 aliphatic rings. The summed E-state index contributed by atoms with van der Waals surface area (Å²) >= 11 is 1.57. The summed E-state index contributed by atoms with van der Waals surface area (Å²) in [5.74, 6) is 1.56. The van der Waals surface area contributed by atoms with E-state index < -0.39 is 0 Å². The number of hydrogen-bond donors (Lipinski definition) is 0. The van der Waals surface area contributed by atoms with Crippen LogP contribution in [0.15, 0.2) is 29.4 Å². The second kappa shape index (κ2) is 7.49. The van der Waals surface area contributed by atoms with E-state index in [1.807, 2.05) is 12.1 Å². The number of anilines is 1. The quantitative estimate of drug-likeness (QED) is 0.620. The van der Waals surface area contributed by atoms with Crippen LogP contribution in [0.5, 0.6) is 0 Å². The van der Waals surface area contributed by atoms with Gasteiger partial charge in [0.05, 0.1) is 25.0 Å². The molecule has 1 aromatic carbocycles. The zero-order chi connectivity index (χ0) is 16.1. The Balaban J connectivity index is 1.99. The van der Waals surface area contributed by atoms with Crippen molar-refractivity contribution in [1.82, 2.24) is 14.8 Å². The number of rotatable bonds is 5. The molecular formula is C16H19N5OS. The van der Waals surface area contributed by atoms with E-state index in [-0.39, 0.29) is 0 Å². The number of aromatic nitrogens is 3. The van der Waals surface area contributed by atoms with Gasteiger partial charge in [-0.1, -0.05) is 30.0 Å². The van der Waals surface area contributed by atoms with Crippen molar-refractivity contribution in [2.24, 2.45) is 0 Å². The smallest absolute Gasteiger partial charge is 0.232 e. The van der Waals surface area contributed by atoms with Gasteiger partial charge in [-0.2, -0.15) is 5.26 Å². The molecule has 23 heavy (non-hydrogen) atoms. The van der Waals surface area contributed by atoms with Gasteiger partial charge < -0.3 is 9.64 Å². The summed E-state index contributed by atoms with van der Waals surface area (Å²) in [5.41, 5.74) is 2.25. The van der Waals surface area contributed by atoms with E-state index in [0.717, 1.165) is 29.9 Å². The van der Waals surface area contributed by atoms with Gasteiger partial charge in [0.2, 0.25) is 5.95 Å². The summed E-state index contributed by atoms with van der Waals surface area (Å²) in [6.07, 6.45) is 0.498. The lowest BCUT2D eigenvalue weighted by atomic mass is 10.2. The van der Waals surface area contributed by atoms with Gasteiger partial charge >= 0.3 is 0 Å². The van der Waals surface area contributed by atoms with Gasteiger partial charge in [0, 0.05) is 25.3 Å². The number of morpholine rings is 1. The van der Waals surface area contributed by atoms with Gasteiger partial charge in [0.25, 0.3) is 0 Å². The van der Waals surface area contributed by atoms with Crippen molar-refractivity contribution in [2.75, 3.05) is 37.0 Å². The Morgan fingerprint density at radius 1 is 1.26 bits per heavy atom. The molecule has 2 heterocycles. The van der Waals surface area contributed by atoms with Gasteiger partial charge in [0.1, 0.15) is 0 Å². The summed E-state index contributed by atoms with van der Waals surface area (Å²) in [7, 11) is 0. The molecule has 0 N–H and O–H groups in total. The van der Waals surface area contributed by atoms with Crippen molar-refractivity contribution >= 4 is 17.7 Å². The summed E-state index contributed by atoms with van der Waals surface area (Å²) in [5, 5.41) is 18.4. The molecule has 1 saturated heterocycles. The second-order valence-corrected chi connectivity index (χ2v) is 6.32. The topological polar surface area (TPSA) is 67.0 Å². The minimum absolute atomic E-state index is 0.498. The molecule has 7 heteroatoms. The second-order valence-electron chi connectivity index (χ2n) is 5.26. The lowest BCUT2D eigenvalue weighted by Gasteiger charge is -2.28. The van der Waals surface area contributed by atoms with Crippen molar-refractivity contribution < 1.29 is 4.74 Å². The lowest BCUT2D eigenvalue weighted by Crippen LogP contribution is -2.38. The molecule has 1 aromatic heterocycles. The van der Waals surface area contributed by atoms with Crippen molar-refractivity contribution in [3.63, 3.8) is 0 Å². The molecule has 3 rings (SSSR count). The Labute approximate surface area is 140 Å². The van der Waals surface area contributed by atoms with Gasteiger partial charge in [0.15, 0.2) is 5.16 Å². The first-order chi connectivity index (χ1) is 11.3. The fourth-order valence-electron chi connectivity index (χ4n) is 2.54. The van der Waals surface area contributed by atoms with Crippen LogP contribution in [-0.4, -0.2) is 46.8 Å². The van der Waals surface area contributed by atoms with E-state index >= 15 is 0 Å². The van der Waals surface area contributed by atoms with Gasteiger partial charge in [-0.05, 0) is 18.6 Å². The fraction of sp³-hybridized carbons (Fsp3) is 0.438. The fourth-order valence-corrected chi connectivity index (χ4v) is 3.32. The first kappa shape index (κ1) is 15.8. The van der Waals surface area contributed by atoms with Crippen LogP contribution in [0.4, 0.5) is 5.95 Å². The molecule has 0 amide bonds. The van der Waals surface area contributed by atoms with Crippen LogP contribution in [0.3, 0.4) is 0 Å². The summed E-state index contributed by atoms with van der Waals surface area (Å²) < 4.78 is 7.54. The van der Waals surface area contributed by atoms with Crippen LogP contribution >= 0.6 is 11.8 Å². The Bertz CT molecular complexity index is 703. The number of benzene rings is 1. The molecule has 0 saturated carbocycles. The molecule has 1 fully saturated rings. The SMILES string of the molecule is Cc1ccccc1-n1c(SCCC#N)nnc1N1CCOCC1. The molecular weight excluding hydrogens is 310 g/mol. The number of nitrogens with zero attached hydrogens (tertiary/aromatic N) is 5. The summed E-state index contributed by atoms with van der Waals surface area (Å²) in [6.45, 7) is 5.12. The number of nitriles is 1. The van der Waals surface area contributed by atoms with E-state index in [1.165, 1.54) is 5.56 Å². The van der Waals surface area contributed by atoms with Crippen LogP contribution < -0.4 is 4.90 Å². The maximum Gasteiger partial charge on any atom is 0.232 e. The molecule has 0 radical (unpaired) electrons. The van der Waals surface area contributed by atoms with Crippen molar-refractivity contribution in [2.45, 2.75) is 18.5 Å². The first-order valence-electron chi connectivity index (χ1n) is 7.65. The molecule has 1 aliphatic heterocycles. The van der Waals surface area contributed by atoms with E-state index in [1.54, 1.807) is 11.8 Å². The molecule has 0 bridgehead atoms. The number of ether oxygens (including phenoxy) is 1. The largest absolute Gasteiger partial charge is 0.378 e. The Morgan fingerprint density at radius 2 is 2.04 bits per heavy atom. The maximum absolute atomic E-state index is 8.76. The number of para-hydroxylation sites is 1. The van der Waals surface area contributed by atoms with Crippen molar-refractivity contribution in [1.29, 1.82) is 5.26 Å². The van der Waals surface area contributed by atoms with E-state index in [0.29, 0.717) is 25.4 Å². The number of aryl methyl sites for hydroxylation is 1. The standard InChI is InChI=1S/C16H19N5OS/c1-13-5-2-3-6-14(13)21-15(20-8-10-22-11-9-20)18-19-16(21)23-12-4-7-17/h2-3,5-6H,4,8-12H2,1H3. The average Bonchev–Trinajstić information content (AvgIpc) is 3.00. The van der Waals surface area contributed by atoms with Crippen LogP contribution in [0.25, 0.3) is 5.69 Å². The summed E-state index contributed by atoms with van der Waals surface area (Å²) in [4.78, 5) is 2.21. The third kappa shape index (κ3) is 3.49. The third-order valence-electron chi connectivity index (χ3n) is 3.71. The predicted molar refractivity (Wildman–Crippen MR) is 90.1 cm³/mol. The highest BCUT2D eigenvalue weighted by Crippen LogP contribution is 2.28. The molecule has 0 unspecified atom stereocenters. The van der Waals surface area contributed by atoms with Crippen LogP contribution in [0.2, 0.25) is 0 Å². The molecule has 0 spiro atoms.